The van der Waals surface area contributed by atoms with Crippen molar-refractivity contribution in [2.45, 2.75) is 20.3 Å². The van der Waals surface area contributed by atoms with E-state index in [2.05, 4.69) is 27.9 Å². The number of hydrogen-bond donors (Lipinski definition) is 1. The molecule has 7 nitrogen and oxygen atoms in total. The third kappa shape index (κ3) is 6.72. The Labute approximate surface area is 195 Å². The molecule has 0 fully saturated rings. The van der Waals surface area contributed by atoms with Crippen LogP contribution in [0.25, 0.3) is 6.08 Å². The number of anilines is 1. The first-order chi connectivity index (χ1) is 14.9. The highest BCUT2D eigenvalue weighted by molar-refractivity contribution is 14.1. The van der Waals surface area contributed by atoms with Crippen molar-refractivity contribution in [3.63, 3.8) is 0 Å². The summed E-state index contributed by atoms with van der Waals surface area (Å²) in [6.45, 7) is 4.58. The van der Waals surface area contributed by atoms with E-state index < -0.39 is 11.9 Å². The Hall–Kier alpha value is -3.06. The van der Waals surface area contributed by atoms with E-state index in [0.29, 0.717) is 34.9 Å². The molecule has 31 heavy (non-hydrogen) atoms. The van der Waals surface area contributed by atoms with Gasteiger partial charge in [0.15, 0.2) is 11.5 Å². The van der Waals surface area contributed by atoms with Crippen molar-refractivity contribution in [2.24, 2.45) is 0 Å². The summed E-state index contributed by atoms with van der Waals surface area (Å²) < 4.78 is 16.9. The number of benzene rings is 2. The Morgan fingerprint density at radius 1 is 1.19 bits per heavy atom. The molecule has 0 heterocycles. The number of carbonyl (C=O) groups is 2. The summed E-state index contributed by atoms with van der Waals surface area (Å²) >= 11 is 2.13. The van der Waals surface area contributed by atoms with Crippen LogP contribution in [0.5, 0.6) is 11.5 Å². The maximum absolute atomic E-state index is 12.6. The van der Waals surface area contributed by atoms with Crippen LogP contribution in [0.1, 0.15) is 36.2 Å². The lowest BCUT2D eigenvalue weighted by Gasteiger charge is -2.13. The summed E-state index contributed by atoms with van der Waals surface area (Å²) in [7, 11) is 1.54. The Morgan fingerprint density at radius 3 is 2.48 bits per heavy atom. The van der Waals surface area contributed by atoms with Crippen molar-refractivity contribution in [1.82, 2.24) is 0 Å². The third-order valence-electron chi connectivity index (χ3n) is 4.03. The molecule has 0 aliphatic carbocycles. The van der Waals surface area contributed by atoms with Gasteiger partial charge in [-0.1, -0.05) is 6.92 Å². The van der Waals surface area contributed by atoms with Crippen LogP contribution < -0.4 is 14.8 Å². The first kappa shape index (κ1) is 24.2. The molecule has 0 saturated heterocycles. The van der Waals surface area contributed by atoms with E-state index in [4.69, 9.17) is 14.2 Å². The van der Waals surface area contributed by atoms with Gasteiger partial charge in [0.05, 0.1) is 29.5 Å². The summed E-state index contributed by atoms with van der Waals surface area (Å²) in [5.41, 5.74) is 1.39. The number of methoxy groups -OCH3 is 1. The van der Waals surface area contributed by atoms with E-state index in [-0.39, 0.29) is 12.2 Å². The van der Waals surface area contributed by atoms with Crippen molar-refractivity contribution in [3.05, 3.63) is 56.7 Å². The zero-order valence-corrected chi connectivity index (χ0v) is 19.7. The van der Waals surface area contributed by atoms with E-state index in [1.807, 2.05) is 19.1 Å². The highest BCUT2D eigenvalue weighted by Crippen LogP contribution is 2.34. The molecule has 2 aromatic carbocycles. The first-order valence-corrected chi connectivity index (χ1v) is 10.7. The van der Waals surface area contributed by atoms with Crippen LogP contribution in [0.15, 0.2) is 42.0 Å². The molecule has 2 rings (SSSR count). The molecule has 1 N–H and O–H groups in total. The maximum atomic E-state index is 12.6. The van der Waals surface area contributed by atoms with Crippen molar-refractivity contribution in [2.75, 3.05) is 25.6 Å². The van der Waals surface area contributed by atoms with Crippen LogP contribution in [0, 0.1) is 14.9 Å². The number of nitriles is 1. The second-order valence-corrected chi connectivity index (χ2v) is 7.47. The van der Waals surface area contributed by atoms with Gasteiger partial charge in [0.25, 0.3) is 5.91 Å². The van der Waals surface area contributed by atoms with Gasteiger partial charge in [-0.2, -0.15) is 5.26 Å². The summed E-state index contributed by atoms with van der Waals surface area (Å²) in [5, 5.41) is 12.1. The topological polar surface area (TPSA) is 97.7 Å². The highest BCUT2D eigenvalue weighted by Gasteiger charge is 2.14. The van der Waals surface area contributed by atoms with Gasteiger partial charge in [-0.3, -0.25) is 4.79 Å². The van der Waals surface area contributed by atoms with Crippen molar-refractivity contribution in [1.29, 1.82) is 5.26 Å². The summed E-state index contributed by atoms with van der Waals surface area (Å²) in [4.78, 5) is 24.3. The van der Waals surface area contributed by atoms with E-state index in [1.165, 1.54) is 13.2 Å². The lowest BCUT2D eigenvalue weighted by molar-refractivity contribution is -0.112. The number of hydrogen-bond acceptors (Lipinski definition) is 6. The average molecular weight is 534 g/mol. The summed E-state index contributed by atoms with van der Waals surface area (Å²) in [6.07, 6.45) is 2.34. The van der Waals surface area contributed by atoms with Gasteiger partial charge < -0.3 is 19.5 Å². The average Bonchev–Trinajstić information content (AvgIpc) is 2.76. The van der Waals surface area contributed by atoms with Crippen molar-refractivity contribution in [3.8, 4) is 17.6 Å². The fourth-order valence-electron chi connectivity index (χ4n) is 2.59. The van der Waals surface area contributed by atoms with Crippen LogP contribution in [-0.2, 0) is 9.53 Å². The predicted molar refractivity (Wildman–Crippen MR) is 126 cm³/mol. The van der Waals surface area contributed by atoms with Crippen LogP contribution >= 0.6 is 22.6 Å². The summed E-state index contributed by atoms with van der Waals surface area (Å²) in [5.74, 6) is 0.158. The van der Waals surface area contributed by atoms with E-state index in [9.17, 15) is 14.9 Å². The summed E-state index contributed by atoms with van der Waals surface area (Å²) in [6, 6.07) is 11.7. The number of ether oxygens (including phenoxy) is 3. The molecule has 0 bridgehead atoms. The second-order valence-electron chi connectivity index (χ2n) is 6.30. The van der Waals surface area contributed by atoms with Crippen LogP contribution in [-0.4, -0.2) is 32.2 Å². The number of esters is 1. The monoisotopic (exact) mass is 534 g/mol. The SMILES string of the molecule is CCCOc1c(I)cc(/C=C(\C#N)C(=O)Nc2ccc(C(=O)OCC)cc2)cc1OC. The number of nitrogens with zero attached hydrogens (tertiary/aromatic N) is 1. The minimum Gasteiger partial charge on any atom is -0.493 e. The number of nitrogens with one attached hydrogen (secondary N) is 1. The van der Waals surface area contributed by atoms with Gasteiger partial charge in [-0.25, -0.2) is 4.79 Å². The molecule has 0 saturated carbocycles. The Morgan fingerprint density at radius 2 is 1.90 bits per heavy atom. The molecular weight excluding hydrogens is 511 g/mol. The molecule has 0 radical (unpaired) electrons. The molecule has 1 amide bonds. The number of amides is 1. The molecule has 0 unspecified atom stereocenters. The fraction of sp³-hybridized carbons (Fsp3) is 0.261. The van der Waals surface area contributed by atoms with Crippen molar-refractivity contribution < 1.29 is 23.8 Å². The van der Waals surface area contributed by atoms with Gasteiger partial charge in [0.2, 0.25) is 0 Å². The largest absolute Gasteiger partial charge is 0.493 e. The zero-order valence-electron chi connectivity index (χ0n) is 17.5. The third-order valence-corrected chi connectivity index (χ3v) is 4.83. The molecular formula is C23H23IN2O5. The van der Waals surface area contributed by atoms with Crippen LogP contribution in [0.3, 0.4) is 0 Å². The van der Waals surface area contributed by atoms with Gasteiger partial charge in [0.1, 0.15) is 11.6 Å². The smallest absolute Gasteiger partial charge is 0.338 e. The minimum absolute atomic E-state index is 0.0745. The second kappa shape index (κ2) is 12.0. The fourth-order valence-corrected chi connectivity index (χ4v) is 3.37. The minimum atomic E-state index is -0.563. The zero-order chi connectivity index (χ0) is 22.8. The molecule has 0 aromatic heterocycles. The Kier molecular flexibility index (Phi) is 9.34. The molecule has 0 aliphatic rings. The molecule has 8 heteroatoms. The number of rotatable bonds is 9. The van der Waals surface area contributed by atoms with E-state index in [1.54, 1.807) is 37.3 Å². The molecule has 0 aliphatic heterocycles. The quantitative estimate of drug-likeness (QED) is 0.215. The number of carbonyl (C=O) groups excluding carboxylic acids is 2. The number of halogens is 1. The van der Waals surface area contributed by atoms with Gasteiger partial charge >= 0.3 is 5.97 Å². The van der Waals surface area contributed by atoms with E-state index in [0.717, 1.165) is 9.99 Å². The Balaban J connectivity index is 2.21. The standard InChI is InChI=1S/C23H23IN2O5/c1-4-10-31-21-19(24)12-15(13-20(21)29-3)11-17(14-25)22(27)26-18-8-6-16(7-9-18)23(28)30-5-2/h6-9,11-13H,4-5,10H2,1-3H3,(H,26,27)/b17-11+. The van der Waals surface area contributed by atoms with Gasteiger partial charge in [-0.15, -0.1) is 0 Å². The molecule has 0 spiro atoms. The predicted octanol–water partition coefficient (Wildman–Crippen LogP) is 4.81. The normalized spacial score (nSPS) is 10.7. The van der Waals surface area contributed by atoms with Crippen LogP contribution in [0.4, 0.5) is 5.69 Å². The molecule has 162 valence electrons. The lowest BCUT2D eigenvalue weighted by Crippen LogP contribution is -2.13. The van der Waals surface area contributed by atoms with Gasteiger partial charge in [0, 0.05) is 5.69 Å². The van der Waals surface area contributed by atoms with Crippen molar-refractivity contribution >= 4 is 46.2 Å². The van der Waals surface area contributed by atoms with Crippen LogP contribution in [0.2, 0.25) is 0 Å². The Bertz CT molecular complexity index is 1010. The van der Waals surface area contributed by atoms with E-state index >= 15 is 0 Å². The molecule has 2 aromatic rings. The first-order valence-electron chi connectivity index (χ1n) is 9.64. The molecule has 0 atom stereocenters. The maximum Gasteiger partial charge on any atom is 0.338 e. The lowest BCUT2D eigenvalue weighted by atomic mass is 10.1. The van der Waals surface area contributed by atoms with Gasteiger partial charge in [-0.05, 0) is 84.0 Å². The highest BCUT2D eigenvalue weighted by atomic mass is 127.